The largest absolute Gasteiger partial charge is 0.383 e. The first-order chi connectivity index (χ1) is 14.7. The Hall–Kier alpha value is -2.81. The summed E-state index contributed by atoms with van der Waals surface area (Å²) in [6.45, 7) is 5.73. The Labute approximate surface area is 183 Å². The number of fused-ring (bicyclic) bond motifs is 1. The quantitative estimate of drug-likeness (QED) is 0.579. The van der Waals surface area contributed by atoms with E-state index in [1.807, 2.05) is 32.9 Å². The number of methoxy groups -OCH3 is 1. The van der Waals surface area contributed by atoms with Crippen LogP contribution in [-0.4, -0.2) is 50.4 Å². The summed E-state index contributed by atoms with van der Waals surface area (Å²) in [5, 5.41) is 4.15. The Bertz CT molecular complexity index is 1180. The first-order valence-electron chi connectivity index (χ1n) is 9.93. The average Bonchev–Trinajstić information content (AvgIpc) is 2.73. The van der Waals surface area contributed by atoms with Crippen LogP contribution in [0.4, 0.5) is 5.69 Å². The minimum absolute atomic E-state index is 0.0551. The summed E-state index contributed by atoms with van der Waals surface area (Å²) in [5.74, 6) is -0.406. The van der Waals surface area contributed by atoms with E-state index in [9.17, 15) is 13.2 Å². The highest BCUT2D eigenvalue weighted by molar-refractivity contribution is 7.89. The van der Waals surface area contributed by atoms with E-state index in [0.29, 0.717) is 16.5 Å². The highest BCUT2D eigenvalue weighted by Crippen LogP contribution is 2.26. The van der Waals surface area contributed by atoms with E-state index in [4.69, 9.17) is 4.74 Å². The first kappa shape index (κ1) is 22.9. The molecule has 0 aliphatic carbocycles. The molecule has 1 N–H and O–H groups in total. The minimum atomic E-state index is -3.95. The third-order valence-electron chi connectivity index (χ3n) is 5.06. The summed E-state index contributed by atoms with van der Waals surface area (Å²) in [6.07, 6.45) is 3.17. The lowest BCUT2D eigenvalue weighted by Crippen LogP contribution is -2.40. The highest BCUT2D eigenvalue weighted by atomic mass is 32.2. The molecule has 0 aliphatic heterocycles. The van der Waals surface area contributed by atoms with Gasteiger partial charge < -0.3 is 10.1 Å². The van der Waals surface area contributed by atoms with Crippen LogP contribution in [0.1, 0.15) is 16.7 Å². The molecule has 0 spiro atoms. The predicted octanol–water partition coefficient (Wildman–Crippen LogP) is 3.44. The van der Waals surface area contributed by atoms with Gasteiger partial charge >= 0.3 is 0 Å². The topological polar surface area (TPSA) is 88.6 Å². The van der Waals surface area contributed by atoms with E-state index in [2.05, 4.69) is 10.3 Å². The van der Waals surface area contributed by atoms with E-state index < -0.39 is 15.9 Å². The van der Waals surface area contributed by atoms with Gasteiger partial charge in [-0.25, -0.2) is 8.42 Å². The van der Waals surface area contributed by atoms with Gasteiger partial charge in [-0.05, 0) is 44.0 Å². The molecule has 0 aliphatic rings. The molecule has 0 unspecified atom stereocenters. The number of hydrogen-bond acceptors (Lipinski definition) is 5. The van der Waals surface area contributed by atoms with E-state index in [0.717, 1.165) is 21.0 Å². The lowest BCUT2D eigenvalue weighted by atomic mass is 10.1. The number of amides is 1. The van der Waals surface area contributed by atoms with Crippen LogP contribution in [0, 0.1) is 20.8 Å². The third-order valence-corrected chi connectivity index (χ3v) is 6.97. The number of anilines is 1. The molecule has 0 fully saturated rings. The van der Waals surface area contributed by atoms with Gasteiger partial charge in [0.2, 0.25) is 15.9 Å². The number of aryl methyl sites for hydroxylation is 3. The summed E-state index contributed by atoms with van der Waals surface area (Å²) in [7, 11) is -2.46. The number of pyridine rings is 1. The molecule has 0 radical (unpaired) electrons. The molecule has 0 bridgehead atoms. The first-order valence-corrected chi connectivity index (χ1v) is 11.4. The zero-order valence-corrected chi connectivity index (χ0v) is 19.0. The zero-order valence-electron chi connectivity index (χ0n) is 18.2. The molecule has 1 amide bonds. The minimum Gasteiger partial charge on any atom is -0.383 e. The normalized spacial score (nSPS) is 11.8. The molecule has 0 saturated heterocycles. The predicted molar refractivity (Wildman–Crippen MR) is 122 cm³/mol. The second kappa shape index (κ2) is 9.55. The van der Waals surface area contributed by atoms with Crippen molar-refractivity contribution in [2.24, 2.45) is 0 Å². The second-order valence-corrected chi connectivity index (χ2v) is 9.41. The number of carbonyl (C=O) groups is 1. The van der Waals surface area contributed by atoms with Crippen molar-refractivity contribution < 1.29 is 17.9 Å². The second-order valence-electron chi connectivity index (χ2n) is 7.51. The van der Waals surface area contributed by atoms with Gasteiger partial charge in [-0.1, -0.05) is 29.8 Å². The van der Waals surface area contributed by atoms with Crippen molar-refractivity contribution in [3.8, 4) is 0 Å². The summed E-state index contributed by atoms with van der Waals surface area (Å²) in [6, 6.07) is 10.6. The summed E-state index contributed by atoms with van der Waals surface area (Å²) < 4.78 is 33.2. The number of sulfonamides is 1. The van der Waals surface area contributed by atoms with Gasteiger partial charge in [-0.3, -0.25) is 9.78 Å². The number of nitrogens with zero attached hydrogens (tertiary/aromatic N) is 2. The average molecular weight is 442 g/mol. The van der Waals surface area contributed by atoms with Crippen LogP contribution >= 0.6 is 0 Å². The van der Waals surface area contributed by atoms with Crippen LogP contribution in [0.15, 0.2) is 53.7 Å². The Morgan fingerprint density at radius 1 is 1.13 bits per heavy atom. The van der Waals surface area contributed by atoms with Crippen LogP contribution in [0.25, 0.3) is 10.8 Å². The van der Waals surface area contributed by atoms with Crippen molar-refractivity contribution in [1.82, 2.24) is 9.29 Å². The number of carbonyl (C=O) groups excluding carboxylic acids is 1. The molecule has 164 valence electrons. The van der Waals surface area contributed by atoms with Crippen molar-refractivity contribution in [2.75, 3.05) is 32.1 Å². The molecule has 8 heteroatoms. The number of rotatable bonds is 8. The molecule has 3 rings (SSSR count). The van der Waals surface area contributed by atoms with Crippen molar-refractivity contribution >= 4 is 32.4 Å². The van der Waals surface area contributed by atoms with Crippen molar-refractivity contribution in [3.05, 3.63) is 65.5 Å². The van der Waals surface area contributed by atoms with Crippen LogP contribution in [-0.2, 0) is 19.6 Å². The Balaban J connectivity index is 1.92. The van der Waals surface area contributed by atoms with Crippen molar-refractivity contribution in [1.29, 1.82) is 0 Å². The monoisotopic (exact) mass is 441 g/mol. The fourth-order valence-electron chi connectivity index (χ4n) is 3.65. The highest BCUT2D eigenvalue weighted by Gasteiger charge is 2.28. The van der Waals surface area contributed by atoms with E-state index in [-0.39, 0.29) is 24.6 Å². The molecular formula is C23H27N3O4S. The van der Waals surface area contributed by atoms with Crippen molar-refractivity contribution in [2.45, 2.75) is 25.7 Å². The van der Waals surface area contributed by atoms with Gasteiger partial charge in [0.25, 0.3) is 0 Å². The standard InChI is InChI=1S/C23H27N3O4S/c1-16-12-17(2)23(18(3)13-16)25-22(27)15-26(10-11-30-4)31(28,29)21-7-5-6-19-14-24-9-8-20(19)21/h5-9,12-14H,10-11,15H2,1-4H3,(H,25,27). The van der Waals surface area contributed by atoms with E-state index >= 15 is 0 Å². The Morgan fingerprint density at radius 2 is 1.84 bits per heavy atom. The fraction of sp³-hybridized carbons (Fsp3) is 0.304. The maximum Gasteiger partial charge on any atom is 0.244 e. The number of ether oxygens (including phenoxy) is 1. The molecule has 1 heterocycles. The van der Waals surface area contributed by atoms with Crippen LogP contribution in [0.5, 0.6) is 0 Å². The van der Waals surface area contributed by atoms with Crippen molar-refractivity contribution in [3.63, 3.8) is 0 Å². The van der Waals surface area contributed by atoms with Gasteiger partial charge in [-0.2, -0.15) is 4.31 Å². The molecule has 2 aromatic carbocycles. The molecule has 7 nitrogen and oxygen atoms in total. The summed E-state index contributed by atoms with van der Waals surface area (Å²) >= 11 is 0. The van der Waals surface area contributed by atoms with Crippen LogP contribution in [0.3, 0.4) is 0 Å². The maximum atomic E-state index is 13.5. The lowest BCUT2D eigenvalue weighted by molar-refractivity contribution is -0.116. The number of benzene rings is 2. The smallest absolute Gasteiger partial charge is 0.244 e. The number of hydrogen-bond donors (Lipinski definition) is 1. The summed E-state index contributed by atoms with van der Waals surface area (Å²) in [4.78, 5) is 17.0. The molecule has 0 saturated carbocycles. The van der Waals surface area contributed by atoms with Crippen LogP contribution in [0.2, 0.25) is 0 Å². The Kier molecular flexibility index (Phi) is 7.04. The van der Waals surface area contributed by atoms with Gasteiger partial charge in [0.1, 0.15) is 0 Å². The van der Waals surface area contributed by atoms with Gasteiger partial charge in [0.05, 0.1) is 18.0 Å². The molecule has 3 aromatic rings. The van der Waals surface area contributed by atoms with Gasteiger partial charge in [0.15, 0.2) is 0 Å². The third kappa shape index (κ3) is 5.10. The lowest BCUT2D eigenvalue weighted by Gasteiger charge is -2.23. The molecule has 1 aromatic heterocycles. The zero-order chi connectivity index (χ0) is 22.6. The van der Waals surface area contributed by atoms with Crippen LogP contribution < -0.4 is 5.32 Å². The SMILES string of the molecule is COCCN(CC(=O)Nc1c(C)cc(C)cc1C)S(=O)(=O)c1cccc2cnccc12. The Morgan fingerprint density at radius 3 is 2.52 bits per heavy atom. The maximum absolute atomic E-state index is 13.5. The molecular weight excluding hydrogens is 414 g/mol. The number of aromatic nitrogens is 1. The van der Waals surface area contributed by atoms with Gasteiger partial charge in [0, 0.05) is 42.5 Å². The summed E-state index contributed by atoms with van der Waals surface area (Å²) in [5.41, 5.74) is 3.66. The van der Waals surface area contributed by atoms with Gasteiger partial charge in [-0.15, -0.1) is 0 Å². The molecule has 31 heavy (non-hydrogen) atoms. The molecule has 0 atom stereocenters. The number of nitrogens with one attached hydrogen (secondary N) is 1. The van der Waals surface area contributed by atoms with E-state index in [1.165, 1.54) is 7.11 Å². The fourth-order valence-corrected chi connectivity index (χ4v) is 5.25. The van der Waals surface area contributed by atoms with E-state index in [1.54, 1.807) is 36.7 Å².